The summed E-state index contributed by atoms with van der Waals surface area (Å²) in [6.45, 7) is 5.13. The van der Waals surface area contributed by atoms with Crippen molar-refractivity contribution in [2.45, 2.75) is 32.0 Å². The molecule has 0 aromatic carbocycles. The lowest BCUT2D eigenvalue weighted by molar-refractivity contribution is -0.121. The lowest BCUT2D eigenvalue weighted by atomic mass is 9.96. The maximum Gasteiger partial charge on any atom is 0.221 e. The highest BCUT2D eigenvalue weighted by molar-refractivity contribution is 5.76. The summed E-state index contributed by atoms with van der Waals surface area (Å²) in [6.07, 6.45) is 0.473. The topological polar surface area (TPSA) is 84.6 Å². The average molecular weight is 216 g/mol. The third kappa shape index (κ3) is 3.15. The van der Waals surface area contributed by atoms with E-state index in [0.29, 0.717) is 26.1 Å². The van der Waals surface area contributed by atoms with E-state index >= 15 is 0 Å². The van der Waals surface area contributed by atoms with Crippen LogP contribution in [-0.2, 0) is 9.53 Å². The molecule has 3 unspecified atom stereocenters. The van der Waals surface area contributed by atoms with Crippen LogP contribution >= 0.6 is 0 Å². The Morgan fingerprint density at radius 3 is 2.93 bits per heavy atom. The Morgan fingerprint density at radius 2 is 2.47 bits per heavy atom. The van der Waals surface area contributed by atoms with Gasteiger partial charge in [-0.25, -0.2) is 0 Å². The number of hydrogen-bond acceptors (Lipinski definition) is 4. The molecule has 0 aromatic rings. The molecule has 0 bridgehead atoms. The molecule has 0 saturated carbocycles. The number of carbonyl (C=O) groups is 1. The maximum atomic E-state index is 10.8. The van der Waals surface area contributed by atoms with Crippen molar-refractivity contribution < 1.29 is 14.6 Å². The molecule has 3 atom stereocenters. The molecule has 1 fully saturated rings. The molecular weight excluding hydrogens is 196 g/mol. The van der Waals surface area contributed by atoms with Crippen LogP contribution in [0.25, 0.3) is 0 Å². The van der Waals surface area contributed by atoms with Crippen molar-refractivity contribution >= 4 is 5.91 Å². The van der Waals surface area contributed by atoms with Crippen LogP contribution in [0.5, 0.6) is 0 Å². The Kier molecular flexibility index (Phi) is 4.07. The molecule has 5 nitrogen and oxygen atoms in total. The number of aliphatic hydroxyl groups is 1. The summed E-state index contributed by atoms with van der Waals surface area (Å²) >= 11 is 0. The first kappa shape index (κ1) is 12.4. The Bertz CT molecular complexity index is 235. The zero-order valence-corrected chi connectivity index (χ0v) is 9.32. The first-order valence-corrected chi connectivity index (χ1v) is 5.30. The van der Waals surface area contributed by atoms with E-state index in [9.17, 15) is 9.90 Å². The largest absolute Gasteiger partial charge is 0.386 e. The minimum atomic E-state index is -0.808. The summed E-state index contributed by atoms with van der Waals surface area (Å²) in [6, 6.07) is 0. The molecule has 1 aliphatic heterocycles. The zero-order valence-electron chi connectivity index (χ0n) is 9.32. The molecular formula is C10H20N2O3. The molecule has 0 aliphatic carbocycles. The van der Waals surface area contributed by atoms with Gasteiger partial charge in [0.15, 0.2) is 0 Å². The van der Waals surface area contributed by atoms with Crippen LogP contribution in [0.1, 0.15) is 20.3 Å². The molecule has 5 heteroatoms. The van der Waals surface area contributed by atoms with Crippen molar-refractivity contribution in [3.63, 3.8) is 0 Å². The Balaban J connectivity index is 2.28. The highest BCUT2D eigenvalue weighted by Crippen LogP contribution is 2.24. The van der Waals surface area contributed by atoms with E-state index in [0.717, 1.165) is 0 Å². The molecule has 15 heavy (non-hydrogen) atoms. The van der Waals surface area contributed by atoms with E-state index in [2.05, 4.69) is 5.32 Å². The van der Waals surface area contributed by atoms with E-state index in [-0.39, 0.29) is 17.9 Å². The van der Waals surface area contributed by atoms with Crippen molar-refractivity contribution in [3.8, 4) is 0 Å². The third-order valence-electron chi connectivity index (χ3n) is 3.03. The number of nitrogens with one attached hydrogen (secondary N) is 1. The number of nitrogens with two attached hydrogens (primary N) is 1. The molecule has 1 rings (SSSR count). The predicted molar refractivity (Wildman–Crippen MR) is 56.2 cm³/mol. The molecule has 1 heterocycles. The van der Waals surface area contributed by atoms with Gasteiger partial charge in [0.1, 0.15) is 5.60 Å². The maximum absolute atomic E-state index is 10.8. The smallest absolute Gasteiger partial charge is 0.221 e. The van der Waals surface area contributed by atoms with Gasteiger partial charge in [-0.15, -0.1) is 0 Å². The van der Waals surface area contributed by atoms with Crippen molar-refractivity contribution in [1.29, 1.82) is 0 Å². The monoisotopic (exact) mass is 216 g/mol. The molecule has 1 saturated heterocycles. The van der Waals surface area contributed by atoms with Crippen molar-refractivity contribution in [1.82, 2.24) is 5.32 Å². The standard InChI is InChI=1S/C10H20N2O3/c1-7(9(11)13)5-12-6-10(14)3-4-15-8(10)2/h7-8,12,14H,3-6H2,1-2H3,(H2,11,13). The number of carbonyl (C=O) groups excluding carboxylic acids is 1. The molecule has 4 N–H and O–H groups in total. The van der Waals surface area contributed by atoms with Crippen molar-refractivity contribution in [2.24, 2.45) is 11.7 Å². The highest BCUT2D eigenvalue weighted by atomic mass is 16.5. The van der Waals surface area contributed by atoms with Crippen LogP contribution in [0, 0.1) is 5.92 Å². The first-order chi connectivity index (χ1) is 6.96. The van der Waals surface area contributed by atoms with Crippen LogP contribution in [0.3, 0.4) is 0 Å². The molecule has 0 spiro atoms. The normalized spacial score (nSPS) is 32.9. The summed E-state index contributed by atoms with van der Waals surface area (Å²) in [4.78, 5) is 10.8. The predicted octanol–water partition coefficient (Wildman–Crippen LogP) is -0.763. The van der Waals surface area contributed by atoms with Gasteiger partial charge in [0, 0.05) is 32.0 Å². The van der Waals surface area contributed by atoms with E-state index < -0.39 is 5.60 Å². The van der Waals surface area contributed by atoms with Gasteiger partial charge >= 0.3 is 0 Å². The first-order valence-electron chi connectivity index (χ1n) is 5.30. The van der Waals surface area contributed by atoms with E-state index in [1.165, 1.54) is 0 Å². The molecule has 0 radical (unpaired) electrons. The fourth-order valence-electron chi connectivity index (χ4n) is 1.61. The lowest BCUT2D eigenvalue weighted by Crippen LogP contribution is -2.47. The van der Waals surface area contributed by atoms with Gasteiger partial charge < -0.3 is 20.9 Å². The summed E-state index contributed by atoms with van der Waals surface area (Å²) in [7, 11) is 0. The molecule has 0 aromatic heterocycles. The Morgan fingerprint density at radius 1 is 1.80 bits per heavy atom. The summed E-state index contributed by atoms with van der Waals surface area (Å²) in [5.74, 6) is -0.545. The van der Waals surface area contributed by atoms with Gasteiger partial charge in [0.05, 0.1) is 6.10 Å². The summed E-state index contributed by atoms with van der Waals surface area (Å²) < 4.78 is 5.29. The average Bonchev–Trinajstić information content (AvgIpc) is 2.47. The summed E-state index contributed by atoms with van der Waals surface area (Å²) in [5.41, 5.74) is 4.32. The Hall–Kier alpha value is -0.650. The third-order valence-corrected chi connectivity index (χ3v) is 3.03. The highest BCUT2D eigenvalue weighted by Gasteiger charge is 2.39. The zero-order chi connectivity index (χ0) is 11.5. The van der Waals surface area contributed by atoms with Crippen molar-refractivity contribution in [3.05, 3.63) is 0 Å². The fraction of sp³-hybridized carbons (Fsp3) is 0.900. The van der Waals surface area contributed by atoms with E-state index in [1.807, 2.05) is 6.92 Å². The van der Waals surface area contributed by atoms with Gasteiger partial charge in [-0.05, 0) is 6.92 Å². The van der Waals surface area contributed by atoms with Crippen LogP contribution in [0.2, 0.25) is 0 Å². The second-order valence-corrected chi connectivity index (χ2v) is 4.30. The van der Waals surface area contributed by atoms with Crippen LogP contribution in [-0.4, -0.2) is 42.4 Å². The minimum Gasteiger partial charge on any atom is -0.386 e. The number of amides is 1. The minimum absolute atomic E-state index is 0.158. The van der Waals surface area contributed by atoms with Crippen molar-refractivity contribution in [2.75, 3.05) is 19.7 Å². The van der Waals surface area contributed by atoms with Crippen LogP contribution in [0.15, 0.2) is 0 Å². The summed E-state index contributed by atoms with van der Waals surface area (Å²) in [5, 5.41) is 13.2. The number of rotatable bonds is 5. The van der Waals surface area contributed by atoms with Crippen LogP contribution < -0.4 is 11.1 Å². The number of primary amides is 1. The van der Waals surface area contributed by atoms with E-state index in [4.69, 9.17) is 10.5 Å². The van der Waals surface area contributed by atoms with Gasteiger partial charge in [-0.1, -0.05) is 6.92 Å². The number of ether oxygens (including phenoxy) is 1. The lowest BCUT2D eigenvalue weighted by Gasteiger charge is -2.26. The van der Waals surface area contributed by atoms with Crippen LogP contribution in [0.4, 0.5) is 0 Å². The van der Waals surface area contributed by atoms with E-state index in [1.54, 1.807) is 6.92 Å². The number of hydrogen-bond donors (Lipinski definition) is 3. The SMILES string of the molecule is CC(CNCC1(O)CCOC1C)C(N)=O. The van der Waals surface area contributed by atoms with Gasteiger partial charge in [0.2, 0.25) is 5.91 Å². The van der Waals surface area contributed by atoms with Gasteiger partial charge in [-0.3, -0.25) is 4.79 Å². The molecule has 1 aliphatic rings. The fourth-order valence-corrected chi connectivity index (χ4v) is 1.61. The van der Waals surface area contributed by atoms with Gasteiger partial charge in [-0.2, -0.15) is 0 Å². The second-order valence-electron chi connectivity index (χ2n) is 4.30. The Labute approximate surface area is 90.0 Å². The molecule has 88 valence electrons. The molecule has 1 amide bonds. The quantitative estimate of drug-likeness (QED) is 0.564. The second kappa shape index (κ2) is 4.92. The van der Waals surface area contributed by atoms with Gasteiger partial charge in [0.25, 0.3) is 0 Å².